The Bertz CT molecular complexity index is 2430. The maximum atomic E-state index is 9.56. The summed E-state index contributed by atoms with van der Waals surface area (Å²) >= 11 is 0. The molecular weight excluding hydrogens is 801 g/mol. The van der Waals surface area contributed by atoms with E-state index < -0.39 is 18.3 Å². The molecular formula is C50H60N8O2Si2. The van der Waals surface area contributed by atoms with Gasteiger partial charge in [0, 0.05) is 43.8 Å². The number of nitrogens with zero attached hydrogens (tertiary/aromatic N) is 6. The highest BCUT2D eigenvalue weighted by Gasteiger charge is 2.32. The molecule has 2 aliphatic heterocycles. The van der Waals surface area contributed by atoms with Gasteiger partial charge in [-0.3, -0.25) is 0 Å². The molecule has 5 heterocycles. The summed E-state index contributed by atoms with van der Waals surface area (Å²) in [6.45, 7) is 6.83. The van der Waals surface area contributed by atoms with Crippen molar-refractivity contribution in [3.63, 3.8) is 0 Å². The molecule has 9 rings (SSSR count). The van der Waals surface area contributed by atoms with Crippen molar-refractivity contribution in [3.05, 3.63) is 97.1 Å². The monoisotopic (exact) mass is 860 g/mol. The number of fused-ring (bicyclic) bond motifs is 20. The highest BCUT2D eigenvalue weighted by atomic mass is 28.4. The van der Waals surface area contributed by atoms with Gasteiger partial charge in [-0.25, -0.2) is 29.9 Å². The van der Waals surface area contributed by atoms with Gasteiger partial charge >= 0.3 is 0 Å². The van der Waals surface area contributed by atoms with Crippen LogP contribution in [-0.4, -0.2) is 63.0 Å². The fraction of sp³-hybridized carbons (Fsp3) is 0.360. The molecule has 2 aliphatic rings. The van der Waals surface area contributed by atoms with Gasteiger partial charge in [0.2, 0.25) is 0 Å². The Morgan fingerprint density at radius 1 is 0.419 bits per heavy atom. The molecule has 0 spiro atoms. The second-order valence-electron chi connectivity index (χ2n) is 16.7. The zero-order valence-corrected chi connectivity index (χ0v) is 39.0. The number of H-pyrrole nitrogens is 2. The van der Waals surface area contributed by atoms with Crippen LogP contribution in [0.25, 0.3) is 89.7 Å². The predicted molar refractivity (Wildman–Crippen MR) is 261 cm³/mol. The van der Waals surface area contributed by atoms with E-state index >= 15 is 0 Å². The van der Waals surface area contributed by atoms with Crippen molar-refractivity contribution in [2.45, 2.75) is 116 Å². The molecule has 0 atom stereocenters. The van der Waals surface area contributed by atoms with E-state index in [9.17, 15) is 4.80 Å². The normalized spacial score (nSPS) is 12.2. The van der Waals surface area contributed by atoms with Crippen LogP contribution in [0, 0.1) is 0 Å². The van der Waals surface area contributed by atoms with Crippen LogP contribution in [0.3, 0.4) is 0 Å². The number of nitrogens with one attached hydrogen (secondary N) is 2. The van der Waals surface area contributed by atoms with Crippen LogP contribution >= 0.6 is 0 Å². The minimum absolute atomic E-state index is 0.597. The summed E-state index contributed by atoms with van der Waals surface area (Å²) in [6.07, 6.45) is 16.0. The molecule has 4 aromatic carbocycles. The number of aromatic amines is 2. The maximum Gasteiger partial charge on any atom is 0.291 e. The smallest absolute Gasteiger partial charge is 0.291 e. The lowest BCUT2D eigenvalue weighted by Crippen LogP contribution is -2.39. The summed E-state index contributed by atoms with van der Waals surface area (Å²) < 4.78 is 6.20. The van der Waals surface area contributed by atoms with E-state index in [0.29, 0.717) is 45.9 Å². The molecule has 12 heteroatoms. The van der Waals surface area contributed by atoms with Crippen LogP contribution in [0.2, 0.25) is 18.1 Å². The molecule has 10 nitrogen and oxygen atoms in total. The first-order valence-corrected chi connectivity index (χ1v) is 26.7. The van der Waals surface area contributed by atoms with E-state index in [-0.39, 0.29) is 0 Å². The topological polar surface area (TPSA) is 138 Å². The molecule has 8 bridgehead atoms. The van der Waals surface area contributed by atoms with Crippen LogP contribution in [-0.2, 0) is 4.12 Å². The number of hydrogen-bond acceptors (Lipinski definition) is 8. The van der Waals surface area contributed by atoms with E-state index in [1.807, 2.05) is 97.1 Å². The summed E-state index contributed by atoms with van der Waals surface area (Å²) in [5.74, 6) is 2.39. The average molecular weight is 861 g/mol. The first-order valence-electron chi connectivity index (χ1n) is 23.0. The minimum Gasteiger partial charge on any atom is -0.440 e. The van der Waals surface area contributed by atoms with Gasteiger partial charge in [-0.15, -0.1) is 0 Å². The molecule has 0 saturated carbocycles. The molecule has 0 fully saturated rings. The Labute approximate surface area is 368 Å². The van der Waals surface area contributed by atoms with E-state index in [0.717, 1.165) is 43.8 Å². The lowest BCUT2D eigenvalue weighted by molar-refractivity contribution is 0.430. The van der Waals surface area contributed by atoms with Crippen molar-refractivity contribution >= 4 is 62.5 Å². The highest BCUT2D eigenvalue weighted by Crippen LogP contribution is 2.37. The molecule has 62 heavy (non-hydrogen) atoms. The molecule has 3 aromatic heterocycles. The number of rotatable bonds is 17. The van der Waals surface area contributed by atoms with E-state index in [2.05, 4.69) is 30.7 Å². The Kier molecular flexibility index (Phi) is 14.4. The summed E-state index contributed by atoms with van der Waals surface area (Å²) in [4.78, 5) is 46.3. The molecule has 3 N–H and O–H groups in total. The second-order valence-corrected chi connectivity index (χ2v) is 22.0. The standard InChI is InChI=1S/C32H18N8.C18H42O2Si2/c1-2-10-18-17(9-1)25-33-26(18)38-28-21-13-5-6-14-22(21)30(35-28)40-32-24-16-8-7-15-23(24)31(36-32)39-29-20-12-4-3-11-19(20)27(34-29)37-25;1-4-7-10-13-16-22(20-21-19,17-14-11-8-5-2)18-15-12-9-6-3/h1-16H,(H2,33,34,35,36,37,38,39,40);19H,4-18,21H2,1-3H3. The van der Waals surface area contributed by atoms with Crippen LogP contribution < -0.4 is 0 Å². The number of hydrogen-bond donors (Lipinski definition) is 3. The van der Waals surface area contributed by atoms with Crippen LogP contribution in [0.15, 0.2) is 97.1 Å². The lowest BCUT2D eigenvalue weighted by Gasteiger charge is -2.32. The second kappa shape index (κ2) is 20.6. The largest absolute Gasteiger partial charge is 0.440 e. The van der Waals surface area contributed by atoms with Gasteiger partial charge in [0.15, 0.2) is 31.6 Å². The van der Waals surface area contributed by atoms with Crippen LogP contribution in [0.4, 0.5) is 0 Å². The van der Waals surface area contributed by atoms with Crippen molar-refractivity contribution in [2.24, 2.45) is 0 Å². The minimum atomic E-state index is -1.63. The van der Waals surface area contributed by atoms with Gasteiger partial charge in [-0.2, -0.15) is 0 Å². The van der Waals surface area contributed by atoms with E-state index in [1.165, 1.54) is 95.2 Å². The van der Waals surface area contributed by atoms with Crippen LogP contribution in [0.1, 0.15) is 97.8 Å². The Morgan fingerprint density at radius 2 is 0.710 bits per heavy atom. The molecule has 0 amide bonds. The average Bonchev–Trinajstić information content (AvgIpc) is 4.04. The Balaban J connectivity index is 0.000000208. The van der Waals surface area contributed by atoms with Crippen molar-refractivity contribution in [1.82, 2.24) is 39.9 Å². The number of aromatic nitrogens is 8. The predicted octanol–water partition coefficient (Wildman–Crippen LogP) is 12.5. The van der Waals surface area contributed by atoms with Crippen molar-refractivity contribution in [3.8, 4) is 45.6 Å². The molecule has 7 aromatic rings. The fourth-order valence-electron chi connectivity index (χ4n) is 8.94. The zero-order valence-electron chi connectivity index (χ0n) is 36.6. The fourth-order valence-corrected chi connectivity index (χ4v) is 15.2. The van der Waals surface area contributed by atoms with Gasteiger partial charge in [-0.05, 0) is 18.1 Å². The zero-order chi connectivity index (χ0) is 42.7. The van der Waals surface area contributed by atoms with Gasteiger partial charge in [0.05, 0.1) is 0 Å². The summed E-state index contributed by atoms with van der Waals surface area (Å²) in [5.41, 5.74) is 6.45. The van der Waals surface area contributed by atoms with Gasteiger partial charge in [-0.1, -0.05) is 195 Å². The quantitative estimate of drug-likeness (QED) is 0.0608. The van der Waals surface area contributed by atoms with E-state index in [1.54, 1.807) is 0 Å². The SMILES string of the molecule is CCCCCC[Si](CCCCCC)(CCCCCC)O[SiH2]O.c1ccc2c(c1)-c1nc-2nc2[nH]c(nc3nc(nc4[nH]c(n1)c1ccccc41)-c1ccccc1-3)c1ccccc21. The summed E-state index contributed by atoms with van der Waals surface area (Å²) in [5, 5.41) is 3.82. The third-order valence-electron chi connectivity index (χ3n) is 12.3. The molecule has 0 radical (unpaired) electrons. The Hall–Kier alpha value is -5.41. The molecule has 0 unspecified atom stereocenters. The third-order valence-corrected chi connectivity index (χ3v) is 19.0. The van der Waals surface area contributed by atoms with Crippen molar-refractivity contribution in [1.29, 1.82) is 0 Å². The van der Waals surface area contributed by atoms with Gasteiger partial charge < -0.3 is 18.9 Å². The van der Waals surface area contributed by atoms with Crippen molar-refractivity contribution in [2.75, 3.05) is 0 Å². The lowest BCUT2D eigenvalue weighted by atomic mass is 10.1. The van der Waals surface area contributed by atoms with E-state index in [4.69, 9.17) is 34.0 Å². The summed E-state index contributed by atoms with van der Waals surface area (Å²) in [7, 11) is -2.88. The third kappa shape index (κ3) is 9.63. The first-order chi connectivity index (χ1) is 30.5. The number of unbranched alkanes of at least 4 members (excludes halogenated alkanes) is 9. The molecule has 0 aliphatic carbocycles. The first kappa shape index (κ1) is 43.3. The highest BCUT2D eigenvalue weighted by molar-refractivity contribution is 6.76. The Morgan fingerprint density at radius 3 is 0.984 bits per heavy atom. The number of benzene rings is 4. The van der Waals surface area contributed by atoms with Crippen molar-refractivity contribution < 1.29 is 8.91 Å². The molecule has 0 saturated heterocycles. The summed E-state index contributed by atoms with van der Waals surface area (Å²) in [6, 6.07) is 36.2. The molecule has 320 valence electrons. The van der Waals surface area contributed by atoms with Gasteiger partial charge in [0.25, 0.3) is 10.0 Å². The van der Waals surface area contributed by atoms with Crippen LogP contribution in [0.5, 0.6) is 0 Å². The maximum absolute atomic E-state index is 9.56. The van der Waals surface area contributed by atoms with Gasteiger partial charge in [0.1, 0.15) is 22.6 Å².